The van der Waals surface area contributed by atoms with Crippen molar-refractivity contribution < 1.29 is 14.0 Å². The van der Waals surface area contributed by atoms with Crippen molar-refractivity contribution in [1.29, 1.82) is 0 Å². The molecule has 0 N–H and O–H groups in total. The summed E-state index contributed by atoms with van der Waals surface area (Å²) in [6.45, 7) is 0.550. The number of carbonyl (C=O) groups is 2. The van der Waals surface area contributed by atoms with Crippen molar-refractivity contribution in [3.05, 3.63) is 70.5 Å². The highest BCUT2D eigenvalue weighted by Crippen LogP contribution is 2.33. The third-order valence-electron chi connectivity index (χ3n) is 5.96. The van der Waals surface area contributed by atoms with Gasteiger partial charge in [-0.2, -0.15) is 0 Å². The number of nitrogens with zero attached hydrogens (tertiary/aromatic N) is 2. The van der Waals surface area contributed by atoms with Gasteiger partial charge < -0.3 is 9.80 Å². The third-order valence-corrected chi connectivity index (χ3v) is 6.21. The Morgan fingerprint density at radius 2 is 1.62 bits per heavy atom. The van der Waals surface area contributed by atoms with E-state index in [1.54, 1.807) is 21.9 Å². The molecular weight excluding hydrogens is 391 g/mol. The zero-order valence-corrected chi connectivity index (χ0v) is 16.9. The monoisotopic (exact) mass is 414 g/mol. The molecule has 1 unspecified atom stereocenters. The Bertz CT molecular complexity index is 879. The van der Waals surface area contributed by atoms with Gasteiger partial charge in [0.2, 0.25) is 5.91 Å². The van der Waals surface area contributed by atoms with E-state index >= 15 is 0 Å². The zero-order valence-electron chi connectivity index (χ0n) is 16.2. The molecule has 1 heterocycles. The molecule has 6 heteroatoms. The average molecular weight is 415 g/mol. The number of rotatable bonds is 5. The Balaban J connectivity index is 1.60. The van der Waals surface area contributed by atoms with E-state index in [9.17, 15) is 14.0 Å². The largest absolute Gasteiger partial charge is 0.328 e. The van der Waals surface area contributed by atoms with Gasteiger partial charge in [-0.05, 0) is 54.7 Å². The minimum atomic E-state index is -0.704. The van der Waals surface area contributed by atoms with Crippen molar-refractivity contribution in [2.24, 2.45) is 0 Å². The highest BCUT2D eigenvalue weighted by molar-refractivity contribution is 6.30. The van der Waals surface area contributed by atoms with Crippen LogP contribution in [-0.4, -0.2) is 40.7 Å². The van der Waals surface area contributed by atoms with Crippen LogP contribution in [0.3, 0.4) is 0 Å². The number of amides is 2. The molecule has 1 aliphatic carbocycles. The van der Waals surface area contributed by atoms with Crippen molar-refractivity contribution in [3.8, 4) is 0 Å². The van der Waals surface area contributed by atoms with Gasteiger partial charge in [-0.25, -0.2) is 4.39 Å². The van der Waals surface area contributed by atoms with E-state index in [-0.39, 0.29) is 30.2 Å². The zero-order chi connectivity index (χ0) is 20.4. The summed E-state index contributed by atoms with van der Waals surface area (Å²) >= 11 is 5.95. The van der Waals surface area contributed by atoms with E-state index in [2.05, 4.69) is 0 Å². The molecule has 2 aromatic rings. The molecule has 4 nitrogen and oxygen atoms in total. The molecule has 152 valence electrons. The molecule has 1 atom stereocenters. The van der Waals surface area contributed by atoms with Crippen LogP contribution in [0, 0.1) is 5.82 Å². The lowest BCUT2D eigenvalue weighted by Gasteiger charge is -2.43. The van der Waals surface area contributed by atoms with Crippen LogP contribution in [0.15, 0.2) is 48.5 Å². The Morgan fingerprint density at radius 1 is 0.966 bits per heavy atom. The van der Waals surface area contributed by atoms with Gasteiger partial charge in [-0.1, -0.05) is 48.7 Å². The van der Waals surface area contributed by atoms with E-state index in [0.29, 0.717) is 23.6 Å². The lowest BCUT2D eigenvalue weighted by Crippen LogP contribution is -2.58. The van der Waals surface area contributed by atoms with Gasteiger partial charge in [-0.3, -0.25) is 9.59 Å². The summed E-state index contributed by atoms with van der Waals surface area (Å²) in [7, 11) is 0. The quantitative estimate of drug-likeness (QED) is 0.728. The van der Waals surface area contributed by atoms with E-state index in [1.807, 2.05) is 24.3 Å². The Hall–Kier alpha value is -2.40. The molecule has 1 saturated heterocycles. The van der Waals surface area contributed by atoms with Crippen molar-refractivity contribution in [3.63, 3.8) is 0 Å². The van der Waals surface area contributed by atoms with Gasteiger partial charge in [0.1, 0.15) is 18.4 Å². The summed E-state index contributed by atoms with van der Waals surface area (Å²) in [5.41, 5.74) is 1.70. The average Bonchev–Trinajstić information content (AvgIpc) is 3.25. The summed E-state index contributed by atoms with van der Waals surface area (Å²) in [5.74, 6) is -0.470. The molecule has 4 rings (SSSR count). The van der Waals surface area contributed by atoms with Gasteiger partial charge in [0.25, 0.3) is 5.91 Å². The molecule has 2 amide bonds. The van der Waals surface area contributed by atoms with E-state index in [0.717, 1.165) is 31.2 Å². The fourth-order valence-electron chi connectivity index (χ4n) is 4.40. The second kappa shape index (κ2) is 8.54. The standard InChI is InChI=1S/C23H24ClFN2O2/c24-18-9-5-16(6-10-18)13-14-26-21(28)15-27(20-3-1-2-4-20)23(29)22(26)17-7-11-19(25)12-8-17/h5-12,20,22H,1-4,13-15H2. The summed E-state index contributed by atoms with van der Waals surface area (Å²) in [5, 5.41) is 0.661. The number of benzene rings is 2. The van der Waals surface area contributed by atoms with Crippen LogP contribution in [0.4, 0.5) is 4.39 Å². The second-order valence-electron chi connectivity index (χ2n) is 7.82. The predicted octanol–water partition coefficient (Wildman–Crippen LogP) is 4.38. The van der Waals surface area contributed by atoms with Crippen LogP contribution in [0.2, 0.25) is 5.02 Å². The third kappa shape index (κ3) is 4.30. The van der Waals surface area contributed by atoms with Crippen molar-refractivity contribution in [2.75, 3.05) is 13.1 Å². The summed E-state index contributed by atoms with van der Waals surface area (Å²) in [6.07, 6.45) is 4.69. The maximum Gasteiger partial charge on any atom is 0.250 e. The first-order chi connectivity index (χ1) is 14.0. The minimum Gasteiger partial charge on any atom is -0.328 e. The number of halogens is 2. The van der Waals surface area contributed by atoms with E-state index < -0.39 is 6.04 Å². The normalized spacial score (nSPS) is 20.6. The summed E-state index contributed by atoms with van der Waals surface area (Å²) < 4.78 is 13.5. The molecule has 0 radical (unpaired) electrons. The van der Waals surface area contributed by atoms with E-state index in [1.165, 1.54) is 12.1 Å². The van der Waals surface area contributed by atoms with Crippen molar-refractivity contribution in [2.45, 2.75) is 44.2 Å². The Labute approximate surface area is 175 Å². The molecule has 1 aliphatic heterocycles. The molecule has 1 saturated carbocycles. The van der Waals surface area contributed by atoms with Crippen LogP contribution < -0.4 is 0 Å². The van der Waals surface area contributed by atoms with Crippen LogP contribution in [0.1, 0.15) is 42.9 Å². The summed E-state index contributed by atoms with van der Waals surface area (Å²) in [6, 6.07) is 12.8. The first kappa shape index (κ1) is 19.9. The molecule has 29 heavy (non-hydrogen) atoms. The fraction of sp³-hybridized carbons (Fsp3) is 0.391. The topological polar surface area (TPSA) is 40.6 Å². The highest BCUT2D eigenvalue weighted by Gasteiger charge is 2.43. The van der Waals surface area contributed by atoms with Crippen LogP contribution >= 0.6 is 11.6 Å². The van der Waals surface area contributed by atoms with Crippen molar-refractivity contribution >= 4 is 23.4 Å². The SMILES string of the molecule is O=C1C(c2ccc(F)cc2)N(CCc2ccc(Cl)cc2)C(=O)CN1C1CCCC1. The molecule has 2 aliphatic rings. The number of hydrogen-bond acceptors (Lipinski definition) is 2. The minimum absolute atomic E-state index is 0.0558. The maximum atomic E-state index is 13.5. The van der Waals surface area contributed by atoms with Gasteiger partial charge in [-0.15, -0.1) is 0 Å². The number of hydrogen-bond donors (Lipinski definition) is 0. The molecule has 0 bridgehead atoms. The predicted molar refractivity (Wildman–Crippen MR) is 110 cm³/mol. The van der Waals surface area contributed by atoms with Crippen LogP contribution in [-0.2, 0) is 16.0 Å². The maximum absolute atomic E-state index is 13.5. The lowest BCUT2D eigenvalue weighted by molar-refractivity contribution is -0.158. The molecule has 2 fully saturated rings. The lowest BCUT2D eigenvalue weighted by atomic mass is 9.98. The van der Waals surface area contributed by atoms with Crippen molar-refractivity contribution in [1.82, 2.24) is 9.80 Å². The molecule has 0 spiro atoms. The van der Waals surface area contributed by atoms with Gasteiger partial charge in [0.15, 0.2) is 0 Å². The first-order valence-electron chi connectivity index (χ1n) is 10.1. The number of piperazine rings is 1. The Kier molecular flexibility index (Phi) is 5.86. The fourth-order valence-corrected chi connectivity index (χ4v) is 4.52. The summed E-state index contributed by atoms with van der Waals surface area (Å²) in [4.78, 5) is 29.9. The van der Waals surface area contributed by atoms with Gasteiger partial charge >= 0.3 is 0 Å². The molecule has 0 aromatic heterocycles. The molecular formula is C23H24ClFN2O2. The van der Waals surface area contributed by atoms with Crippen LogP contribution in [0.5, 0.6) is 0 Å². The van der Waals surface area contributed by atoms with E-state index in [4.69, 9.17) is 11.6 Å². The smallest absolute Gasteiger partial charge is 0.250 e. The van der Waals surface area contributed by atoms with Crippen LogP contribution in [0.25, 0.3) is 0 Å². The number of carbonyl (C=O) groups excluding carboxylic acids is 2. The highest BCUT2D eigenvalue weighted by atomic mass is 35.5. The second-order valence-corrected chi connectivity index (χ2v) is 8.26. The Morgan fingerprint density at radius 3 is 2.28 bits per heavy atom. The van der Waals surface area contributed by atoms with Gasteiger partial charge in [0.05, 0.1) is 0 Å². The molecule has 2 aromatic carbocycles. The van der Waals surface area contributed by atoms with Gasteiger partial charge in [0, 0.05) is 17.6 Å². The first-order valence-corrected chi connectivity index (χ1v) is 10.5.